The summed E-state index contributed by atoms with van der Waals surface area (Å²) < 4.78 is 5.64. The Labute approximate surface area is 196 Å². The third-order valence-corrected chi connectivity index (χ3v) is 6.53. The van der Waals surface area contributed by atoms with Gasteiger partial charge in [0.15, 0.2) is 5.69 Å². The molecule has 180 valence electrons. The number of para-hydroxylation sites is 1. The van der Waals surface area contributed by atoms with E-state index in [1.165, 1.54) is 23.1 Å². The van der Waals surface area contributed by atoms with E-state index in [1.807, 2.05) is 18.7 Å². The van der Waals surface area contributed by atoms with Crippen molar-refractivity contribution in [2.45, 2.75) is 39.8 Å². The second kappa shape index (κ2) is 9.83. The van der Waals surface area contributed by atoms with Crippen LogP contribution in [0.15, 0.2) is 28.9 Å². The maximum Gasteiger partial charge on any atom is 0.275 e. The number of anilines is 1. The van der Waals surface area contributed by atoms with Crippen molar-refractivity contribution in [1.29, 1.82) is 0 Å². The number of carbonyl (C=O) groups excluding carboxylic acids is 1. The van der Waals surface area contributed by atoms with Crippen LogP contribution in [0.25, 0.3) is 0 Å². The smallest absolute Gasteiger partial charge is 0.275 e. The maximum atomic E-state index is 13.0. The molecule has 0 atom stereocenters. The molecule has 3 heterocycles. The van der Waals surface area contributed by atoms with Crippen LogP contribution in [0.1, 0.15) is 41.4 Å². The largest absolute Gasteiger partial charge is 0.447 e. The molecular formula is C25H37N5O3. The summed E-state index contributed by atoms with van der Waals surface area (Å²) in [5, 5.41) is 10.0. The molecule has 2 aromatic rings. The summed E-state index contributed by atoms with van der Waals surface area (Å²) in [6, 6.07) is 6.37. The molecule has 0 bridgehead atoms. The average molecular weight is 456 g/mol. The quantitative estimate of drug-likeness (QED) is 0.715. The lowest BCUT2D eigenvalue weighted by Gasteiger charge is -2.37. The van der Waals surface area contributed by atoms with Crippen molar-refractivity contribution in [2.75, 3.05) is 63.8 Å². The van der Waals surface area contributed by atoms with E-state index < -0.39 is 5.60 Å². The Bertz CT molecular complexity index is 931. The van der Waals surface area contributed by atoms with Crippen LogP contribution in [-0.4, -0.2) is 95.2 Å². The molecule has 1 aromatic carbocycles. The number of nitrogens with zero attached hydrogens (tertiary/aromatic N) is 5. The summed E-state index contributed by atoms with van der Waals surface area (Å²) in [4.78, 5) is 26.3. The normalized spacial score (nSPS) is 18.7. The van der Waals surface area contributed by atoms with E-state index in [4.69, 9.17) is 4.42 Å². The Hall–Kier alpha value is -2.42. The molecule has 2 saturated heterocycles. The molecule has 4 rings (SSSR count). The molecule has 33 heavy (non-hydrogen) atoms. The minimum atomic E-state index is -0.676. The SMILES string of the molecule is Cc1cccc(C)c1N1CCN(C(=O)c2coc(CN3CCN(CC(C)(C)O)CC3)n2)CC1. The van der Waals surface area contributed by atoms with Gasteiger partial charge in [0, 0.05) is 64.6 Å². The van der Waals surface area contributed by atoms with Crippen molar-refractivity contribution in [2.24, 2.45) is 0 Å². The van der Waals surface area contributed by atoms with E-state index in [1.54, 1.807) is 0 Å². The van der Waals surface area contributed by atoms with Gasteiger partial charge in [-0.05, 0) is 38.8 Å². The summed E-state index contributed by atoms with van der Waals surface area (Å²) in [5.41, 5.74) is 3.56. The van der Waals surface area contributed by atoms with Gasteiger partial charge in [-0.2, -0.15) is 0 Å². The van der Waals surface area contributed by atoms with Crippen molar-refractivity contribution in [3.8, 4) is 0 Å². The lowest BCUT2D eigenvalue weighted by atomic mass is 10.1. The zero-order valence-corrected chi connectivity index (χ0v) is 20.4. The predicted octanol–water partition coefficient (Wildman–Crippen LogP) is 2.14. The van der Waals surface area contributed by atoms with Crippen molar-refractivity contribution in [1.82, 2.24) is 19.7 Å². The van der Waals surface area contributed by atoms with Gasteiger partial charge < -0.3 is 19.3 Å². The Kier molecular flexibility index (Phi) is 7.07. The van der Waals surface area contributed by atoms with Crippen LogP contribution in [-0.2, 0) is 6.54 Å². The Balaban J connectivity index is 1.28. The van der Waals surface area contributed by atoms with E-state index >= 15 is 0 Å². The molecule has 1 aromatic heterocycles. The fraction of sp³-hybridized carbons (Fsp3) is 0.600. The number of benzene rings is 1. The van der Waals surface area contributed by atoms with Gasteiger partial charge in [-0.15, -0.1) is 0 Å². The summed E-state index contributed by atoms with van der Waals surface area (Å²) in [5.74, 6) is 0.532. The summed E-state index contributed by atoms with van der Waals surface area (Å²) in [6.45, 7) is 15.8. The van der Waals surface area contributed by atoms with E-state index in [9.17, 15) is 9.90 Å². The maximum absolute atomic E-state index is 13.0. The molecule has 2 aliphatic heterocycles. The number of aryl methyl sites for hydroxylation is 2. The van der Waals surface area contributed by atoms with Crippen LogP contribution in [0.5, 0.6) is 0 Å². The fourth-order valence-corrected chi connectivity index (χ4v) is 4.93. The standard InChI is InChI=1S/C25H37N5O3/c1-19-6-5-7-20(2)23(19)29-12-14-30(15-13-29)24(31)21-17-33-22(26-21)16-27-8-10-28(11-9-27)18-25(3,4)32/h5-7,17,32H,8-16,18H2,1-4H3. The molecule has 8 heteroatoms. The lowest BCUT2D eigenvalue weighted by Crippen LogP contribution is -2.50. The van der Waals surface area contributed by atoms with E-state index in [2.05, 4.69) is 51.7 Å². The molecule has 0 aliphatic carbocycles. The highest BCUT2D eigenvalue weighted by Gasteiger charge is 2.27. The number of piperazine rings is 2. The van der Waals surface area contributed by atoms with E-state index in [0.29, 0.717) is 37.8 Å². The molecule has 2 aliphatic rings. The second-order valence-electron chi connectivity index (χ2n) is 10.0. The van der Waals surface area contributed by atoms with Gasteiger partial charge in [-0.25, -0.2) is 4.98 Å². The van der Waals surface area contributed by atoms with Crippen molar-refractivity contribution >= 4 is 11.6 Å². The van der Waals surface area contributed by atoms with Crippen LogP contribution in [0.3, 0.4) is 0 Å². The fourth-order valence-electron chi connectivity index (χ4n) is 4.93. The number of carbonyl (C=O) groups is 1. The summed E-state index contributed by atoms with van der Waals surface area (Å²) in [7, 11) is 0. The van der Waals surface area contributed by atoms with Crippen LogP contribution in [0, 0.1) is 13.8 Å². The zero-order valence-electron chi connectivity index (χ0n) is 20.4. The van der Waals surface area contributed by atoms with Gasteiger partial charge in [-0.1, -0.05) is 18.2 Å². The van der Waals surface area contributed by atoms with Crippen LogP contribution >= 0.6 is 0 Å². The zero-order chi connectivity index (χ0) is 23.6. The highest BCUT2D eigenvalue weighted by molar-refractivity contribution is 5.92. The number of β-amino-alcohol motifs (C(OH)–C–C–N with tert-alkyl or cyclic N) is 1. The first-order chi connectivity index (χ1) is 15.7. The van der Waals surface area contributed by atoms with Gasteiger partial charge in [0.05, 0.1) is 12.1 Å². The minimum Gasteiger partial charge on any atom is -0.447 e. The molecule has 0 unspecified atom stereocenters. The highest BCUT2D eigenvalue weighted by Crippen LogP contribution is 2.26. The molecule has 0 saturated carbocycles. The van der Waals surface area contributed by atoms with E-state index in [-0.39, 0.29) is 5.91 Å². The summed E-state index contributed by atoms with van der Waals surface area (Å²) in [6.07, 6.45) is 1.50. The Morgan fingerprint density at radius 3 is 2.21 bits per heavy atom. The second-order valence-corrected chi connectivity index (χ2v) is 10.0. The molecular weight excluding hydrogens is 418 g/mol. The molecule has 0 spiro atoms. The molecule has 2 fully saturated rings. The lowest BCUT2D eigenvalue weighted by molar-refractivity contribution is 0.0156. The van der Waals surface area contributed by atoms with Crippen molar-refractivity contribution in [3.05, 3.63) is 47.2 Å². The molecule has 8 nitrogen and oxygen atoms in total. The van der Waals surface area contributed by atoms with Crippen LogP contribution in [0.4, 0.5) is 5.69 Å². The Morgan fingerprint density at radius 2 is 1.61 bits per heavy atom. The van der Waals surface area contributed by atoms with Gasteiger partial charge >= 0.3 is 0 Å². The third kappa shape index (κ3) is 5.93. The predicted molar refractivity (Wildman–Crippen MR) is 129 cm³/mol. The number of amides is 1. The first-order valence-electron chi connectivity index (χ1n) is 11.9. The topological polar surface area (TPSA) is 76.3 Å². The van der Waals surface area contributed by atoms with Crippen LogP contribution in [0.2, 0.25) is 0 Å². The molecule has 0 radical (unpaired) electrons. The number of rotatable bonds is 6. The number of hydrogen-bond donors (Lipinski definition) is 1. The van der Waals surface area contributed by atoms with E-state index in [0.717, 1.165) is 39.3 Å². The van der Waals surface area contributed by atoms with Crippen molar-refractivity contribution in [3.63, 3.8) is 0 Å². The average Bonchev–Trinajstić information content (AvgIpc) is 3.22. The van der Waals surface area contributed by atoms with Crippen LogP contribution < -0.4 is 4.90 Å². The number of aromatic nitrogens is 1. The van der Waals surface area contributed by atoms with Crippen molar-refractivity contribution < 1.29 is 14.3 Å². The number of oxazole rings is 1. The third-order valence-electron chi connectivity index (χ3n) is 6.53. The first-order valence-corrected chi connectivity index (χ1v) is 11.9. The molecule has 1 N–H and O–H groups in total. The number of hydrogen-bond acceptors (Lipinski definition) is 7. The minimum absolute atomic E-state index is 0.0545. The van der Waals surface area contributed by atoms with Gasteiger partial charge in [0.1, 0.15) is 6.26 Å². The number of aliphatic hydroxyl groups is 1. The Morgan fingerprint density at radius 1 is 1.00 bits per heavy atom. The van der Waals surface area contributed by atoms with Gasteiger partial charge in [-0.3, -0.25) is 14.6 Å². The van der Waals surface area contributed by atoms with Gasteiger partial charge in [0.2, 0.25) is 5.89 Å². The first kappa shape index (κ1) is 23.7. The highest BCUT2D eigenvalue weighted by atomic mass is 16.3. The summed E-state index contributed by atoms with van der Waals surface area (Å²) >= 11 is 0. The van der Waals surface area contributed by atoms with Gasteiger partial charge in [0.25, 0.3) is 5.91 Å². The monoisotopic (exact) mass is 455 g/mol. The molecule has 1 amide bonds.